The van der Waals surface area contributed by atoms with Crippen LogP contribution in [0.15, 0.2) is 71.3 Å². The predicted octanol–water partition coefficient (Wildman–Crippen LogP) is 2.24. The Hall–Kier alpha value is -3.48. The van der Waals surface area contributed by atoms with Crippen molar-refractivity contribution in [2.75, 3.05) is 31.5 Å². The second-order valence-corrected chi connectivity index (χ2v) is 8.93. The van der Waals surface area contributed by atoms with E-state index in [1.54, 1.807) is 59.5 Å². The van der Waals surface area contributed by atoms with Crippen LogP contribution in [0.25, 0.3) is 0 Å². The molecule has 1 N–H and O–H groups in total. The zero-order valence-electron chi connectivity index (χ0n) is 17.0. The molecule has 1 aliphatic rings. The Morgan fingerprint density at radius 1 is 1.00 bits per heavy atom. The Balaban J connectivity index is 1.62. The molecule has 0 bridgehead atoms. The van der Waals surface area contributed by atoms with Crippen LogP contribution in [0.2, 0.25) is 0 Å². The Bertz CT molecular complexity index is 1130. The van der Waals surface area contributed by atoms with Gasteiger partial charge in [-0.3, -0.25) is 9.59 Å². The molecule has 2 aromatic carbocycles. The number of rotatable bonds is 6. The first kappa shape index (κ1) is 22.2. The van der Waals surface area contributed by atoms with Crippen molar-refractivity contribution in [3.05, 3.63) is 71.9 Å². The Morgan fingerprint density at radius 3 is 2.16 bits per heavy atom. The highest BCUT2D eigenvalue weighted by molar-refractivity contribution is 7.89. The van der Waals surface area contributed by atoms with E-state index in [2.05, 4.69) is 5.32 Å². The second kappa shape index (κ2) is 9.55. The van der Waals surface area contributed by atoms with Crippen molar-refractivity contribution in [1.82, 2.24) is 9.21 Å². The SMILES string of the molecule is CC(=O)c1ccc(NC(=O)/C(C#N)=C\N2CCN(S(=O)(=O)c3ccccc3)CC2)cc1. The summed E-state index contributed by atoms with van der Waals surface area (Å²) in [5.41, 5.74) is 0.905. The Labute approximate surface area is 181 Å². The highest BCUT2D eigenvalue weighted by Crippen LogP contribution is 2.18. The first-order valence-corrected chi connectivity index (χ1v) is 11.1. The molecule has 0 aliphatic carbocycles. The minimum atomic E-state index is -3.57. The number of piperazine rings is 1. The van der Waals surface area contributed by atoms with Crippen molar-refractivity contribution in [2.24, 2.45) is 0 Å². The lowest BCUT2D eigenvalue weighted by Gasteiger charge is -2.33. The molecule has 0 saturated carbocycles. The standard InChI is InChI=1S/C22H22N4O4S/c1-17(27)18-7-9-20(10-8-18)24-22(28)19(15-23)16-25-11-13-26(14-12-25)31(29,30)21-5-3-2-4-6-21/h2-10,16H,11-14H2,1H3,(H,24,28)/b19-16-. The fraction of sp³-hybridized carbons (Fsp3) is 0.227. The summed E-state index contributed by atoms with van der Waals surface area (Å²) in [6.45, 7) is 2.67. The summed E-state index contributed by atoms with van der Waals surface area (Å²) in [7, 11) is -3.57. The van der Waals surface area contributed by atoms with Gasteiger partial charge in [0.2, 0.25) is 10.0 Å². The van der Waals surface area contributed by atoms with E-state index >= 15 is 0 Å². The number of carbonyl (C=O) groups excluding carboxylic acids is 2. The fourth-order valence-electron chi connectivity index (χ4n) is 3.12. The molecule has 1 aliphatic heterocycles. The minimum Gasteiger partial charge on any atom is -0.373 e. The molecule has 2 aromatic rings. The van der Waals surface area contributed by atoms with E-state index in [0.29, 0.717) is 24.3 Å². The molecule has 0 aromatic heterocycles. The van der Waals surface area contributed by atoms with Gasteiger partial charge < -0.3 is 10.2 Å². The predicted molar refractivity (Wildman–Crippen MR) is 116 cm³/mol. The van der Waals surface area contributed by atoms with Gasteiger partial charge in [0.05, 0.1) is 4.90 Å². The molecule has 31 heavy (non-hydrogen) atoms. The summed E-state index contributed by atoms with van der Waals surface area (Å²) in [6.07, 6.45) is 1.45. The molecule has 1 fully saturated rings. The molecule has 1 saturated heterocycles. The van der Waals surface area contributed by atoms with E-state index in [1.807, 2.05) is 6.07 Å². The van der Waals surface area contributed by atoms with Crippen molar-refractivity contribution in [1.29, 1.82) is 5.26 Å². The quantitative estimate of drug-likeness (QED) is 0.421. The van der Waals surface area contributed by atoms with Crippen LogP contribution in [0.3, 0.4) is 0 Å². The number of Topliss-reactive ketones (excluding diaryl/α,β-unsaturated/α-hetero) is 1. The number of ketones is 1. The molecule has 8 nitrogen and oxygen atoms in total. The molecular weight excluding hydrogens is 416 g/mol. The van der Waals surface area contributed by atoms with Crippen LogP contribution in [0.1, 0.15) is 17.3 Å². The zero-order chi connectivity index (χ0) is 22.4. The van der Waals surface area contributed by atoms with Crippen molar-refractivity contribution in [3.63, 3.8) is 0 Å². The van der Waals surface area contributed by atoms with E-state index in [1.165, 1.54) is 17.4 Å². The number of nitrogens with one attached hydrogen (secondary N) is 1. The number of carbonyl (C=O) groups is 2. The monoisotopic (exact) mass is 438 g/mol. The number of hydrogen-bond donors (Lipinski definition) is 1. The lowest BCUT2D eigenvalue weighted by molar-refractivity contribution is -0.112. The van der Waals surface area contributed by atoms with Gasteiger partial charge in [-0.05, 0) is 43.3 Å². The van der Waals surface area contributed by atoms with Gasteiger partial charge in [0.25, 0.3) is 5.91 Å². The average molecular weight is 439 g/mol. The van der Waals surface area contributed by atoms with Crippen LogP contribution in [-0.2, 0) is 14.8 Å². The van der Waals surface area contributed by atoms with E-state index in [0.717, 1.165) is 0 Å². The van der Waals surface area contributed by atoms with Crippen molar-refractivity contribution in [3.8, 4) is 6.07 Å². The third-order valence-corrected chi connectivity index (χ3v) is 6.79. The van der Waals surface area contributed by atoms with Gasteiger partial charge in [-0.1, -0.05) is 18.2 Å². The summed E-state index contributed by atoms with van der Waals surface area (Å²) in [4.78, 5) is 25.8. The summed E-state index contributed by atoms with van der Waals surface area (Å²) < 4.78 is 26.8. The average Bonchev–Trinajstić information content (AvgIpc) is 2.78. The lowest BCUT2D eigenvalue weighted by Crippen LogP contribution is -2.46. The van der Waals surface area contributed by atoms with Crippen LogP contribution < -0.4 is 5.32 Å². The molecule has 1 amide bonds. The maximum Gasteiger partial charge on any atom is 0.267 e. The molecule has 9 heteroatoms. The first-order valence-electron chi connectivity index (χ1n) is 9.65. The van der Waals surface area contributed by atoms with Gasteiger partial charge in [0.15, 0.2) is 5.78 Å². The highest BCUT2D eigenvalue weighted by atomic mass is 32.2. The third-order valence-electron chi connectivity index (χ3n) is 4.88. The minimum absolute atomic E-state index is 0.0797. The van der Waals surface area contributed by atoms with Gasteiger partial charge in [0, 0.05) is 43.6 Å². The smallest absolute Gasteiger partial charge is 0.267 e. The Morgan fingerprint density at radius 2 is 1.61 bits per heavy atom. The van der Waals surface area contributed by atoms with Crippen LogP contribution >= 0.6 is 0 Å². The topological polar surface area (TPSA) is 111 Å². The number of anilines is 1. The molecule has 0 atom stereocenters. The van der Waals surface area contributed by atoms with Crippen molar-refractivity contribution < 1.29 is 18.0 Å². The van der Waals surface area contributed by atoms with Crippen molar-refractivity contribution >= 4 is 27.4 Å². The summed E-state index contributed by atoms with van der Waals surface area (Å²) in [5.74, 6) is -0.652. The molecule has 1 heterocycles. The lowest BCUT2D eigenvalue weighted by atomic mass is 10.1. The van der Waals surface area contributed by atoms with Gasteiger partial charge in [0.1, 0.15) is 11.6 Å². The maximum atomic E-state index is 12.7. The number of nitriles is 1. The first-order chi connectivity index (χ1) is 14.8. The van der Waals surface area contributed by atoms with Gasteiger partial charge in [-0.15, -0.1) is 0 Å². The molecule has 0 radical (unpaired) electrons. The summed E-state index contributed by atoms with van der Waals surface area (Å²) in [5, 5.41) is 12.0. The van der Waals surface area contributed by atoms with E-state index in [-0.39, 0.29) is 29.3 Å². The number of benzene rings is 2. The highest BCUT2D eigenvalue weighted by Gasteiger charge is 2.28. The molecular formula is C22H22N4O4S. The van der Waals surface area contributed by atoms with Crippen LogP contribution in [0.4, 0.5) is 5.69 Å². The molecule has 3 rings (SSSR count). The van der Waals surface area contributed by atoms with Gasteiger partial charge >= 0.3 is 0 Å². The molecule has 0 spiro atoms. The number of amides is 1. The zero-order valence-corrected chi connectivity index (χ0v) is 17.8. The van der Waals surface area contributed by atoms with Gasteiger partial charge in [-0.25, -0.2) is 8.42 Å². The van der Waals surface area contributed by atoms with Gasteiger partial charge in [-0.2, -0.15) is 9.57 Å². The summed E-state index contributed by atoms with van der Waals surface area (Å²) >= 11 is 0. The third kappa shape index (κ3) is 5.36. The maximum absolute atomic E-state index is 12.7. The molecule has 160 valence electrons. The Kier molecular flexibility index (Phi) is 6.84. The fourth-order valence-corrected chi connectivity index (χ4v) is 4.57. The largest absolute Gasteiger partial charge is 0.373 e. The number of nitrogens with zero attached hydrogens (tertiary/aromatic N) is 3. The molecule has 0 unspecified atom stereocenters. The number of hydrogen-bond acceptors (Lipinski definition) is 6. The second-order valence-electron chi connectivity index (χ2n) is 7.00. The van der Waals surface area contributed by atoms with E-state index < -0.39 is 15.9 Å². The van der Waals surface area contributed by atoms with E-state index in [4.69, 9.17) is 0 Å². The summed E-state index contributed by atoms with van der Waals surface area (Å²) in [6, 6.07) is 16.5. The van der Waals surface area contributed by atoms with Crippen molar-refractivity contribution in [2.45, 2.75) is 11.8 Å². The van der Waals surface area contributed by atoms with E-state index in [9.17, 15) is 23.3 Å². The van der Waals surface area contributed by atoms with Crippen LogP contribution in [0, 0.1) is 11.3 Å². The van der Waals surface area contributed by atoms with Crippen LogP contribution in [-0.4, -0.2) is 55.5 Å². The number of sulfonamides is 1. The van der Waals surface area contributed by atoms with Crippen LogP contribution in [0.5, 0.6) is 0 Å². The normalized spacial score (nSPS) is 15.2.